The molecule has 0 aliphatic carbocycles. The minimum Gasteiger partial charge on any atom is -0.397 e. The molecule has 1 amide bonds. The smallest absolute Gasteiger partial charge is 0.272 e. The molecule has 2 aliphatic heterocycles. The number of nitrogens with one attached hydrogen (secondary N) is 1. The lowest BCUT2D eigenvalue weighted by Gasteiger charge is -2.21. The molecule has 1 aromatic carbocycles. The van der Waals surface area contributed by atoms with Crippen molar-refractivity contribution in [2.45, 2.75) is 12.5 Å². The van der Waals surface area contributed by atoms with Crippen LogP contribution in [0.3, 0.4) is 0 Å². The molecule has 2 fully saturated rings. The van der Waals surface area contributed by atoms with Crippen LogP contribution in [0.2, 0.25) is 10.0 Å². The SMILES string of the molecule is Nc1ccc(C(=O)N2C[C@H]3CNC(Cc4cc(Cl)cc(Cl)c4)[C@@H]3C2)nc1. The van der Waals surface area contributed by atoms with Crippen LogP contribution in [0.1, 0.15) is 16.1 Å². The monoisotopic (exact) mass is 390 g/mol. The third kappa shape index (κ3) is 3.52. The minimum atomic E-state index is -0.0241. The van der Waals surface area contributed by atoms with Crippen molar-refractivity contribution in [3.05, 3.63) is 57.8 Å². The first-order valence-electron chi connectivity index (χ1n) is 8.69. The number of hydrogen-bond acceptors (Lipinski definition) is 4. The van der Waals surface area contributed by atoms with Gasteiger partial charge in [0.05, 0.1) is 11.9 Å². The zero-order valence-corrected chi connectivity index (χ0v) is 15.7. The second kappa shape index (κ2) is 7.06. The van der Waals surface area contributed by atoms with E-state index in [0.717, 1.165) is 31.6 Å². The van der Waals surface area contributed by atoms with Crippen LogP contribution in [0, 0.1) is 11.8 Å². The van der Waals surface area contributed by atoms with Crippen LogP contribution in [0.25, 0.3) is 0 Å². The molecule has 2 saturated heterocycles. The highest BCUT2D eigenvalue weighted by Crippen LogP contribution is 2.33. The van der Waals surface area contributed by atoms with Gasteiger partial charge < -0.3 is 16.0 Å². The number of nitrogen functional groups attached to an aromatic ring is 1. The molecule has 3 atom stereocenters. The number of nitrogens with two attached hydrogens (primary N) is 1. The van der Waals surface area contributed by atoms with Gasteiger partial charge in [-0.15, -0.1) is 0 Å². The van der Waals surface area contributed by atoms with Crippen LogP contribution < -0.4 is 11.1 Å². The summed E-state index contributed by atoms with van der Waals surface area (Å²) in [5, 5.41) is 4.90. The Labute approximate surface area is 162 Å². The van der Waals surface area contributed by atoms with E-state index in [4.69, 9.17) is 28.9 Å². The third-order valence-electron chi connectivity index (χ3n) is 5.32. The second-order valence-corrected chi connectivity index (χ2v) is 7.98. The lowest BCUT2D eigenvalue weighted by Crippen LogP contribution is -2.36. The van der Waals surface area contributed by atoms with Crippen LogP contribution in [0.4, 0.5) is 5.69 Å². The molecular weight excluding hydrogens is 371 g/mol. The third-order valence-corrected chi connectivity index (χ3v) is 5.76. The molecule has 0 saturated carbocycles. The van der Waals surface area contributed by atoms with E-state index < -0.39 is 0 Å². The summed E-state index contributed by atoms with van der Waals surface area (Å²) in [6.45, 7) is 2.42. The van der Waals surface area contributed by atoms with Gasteiger partial charge in [-0.3, -0.25) is 4.79 Å². The van der Waals surface area contributed by atoms with Gasteiger partial charge in [0, 0.05) is 35.7 Å². The van der Waals surface area contributed by atoms with E-state index in [-0.39, 0.29) is 5.91 Å². The molecule has 26 heavy (non-hydrogen) atoms. The van der Waals surface area contributed by atoms with Crippen molar-refractivity contribution >= 4 is 34.8 Å². The topological polar surface area (TPSA) is 71.2 Å². The van der Waals surface area contributed by atoms with E-state index in [1.165, 1.54) is 6.20 Å². The number of hydrogen-bond donors (Lipinski definition) is 2. The molecule has 0 bridgehead atoms. The normalized spacial score (nSPS) is 24.7. The Morgan fingerprint density at radius 1 is 1.23 bits per heavy atom. The number of carbonyl (C=O) groups excluding carboxylic acids is 1. The average molecular weight is 391 g/mol. The Morgan fingerprint density at radius 2 is 2.00 bits per heavy atom. The largest absolute Gasteiger partial charge is 0.397 e. The Kier molecular flexibility index (Phi) is 4.78. The predicted octanol–water partition coefficient (Wildman–Crippen LogP) is 2.87. The van der Waals surface area contributed by atoms with E-state index in [9.17, 15) is 4.79 Å². The van der Waals surface area contributed by atoms with Crippen LogP contribution in [0.5, 0.6) is 0 Å². The van der Waals surface area contributed by atoms with Crippen LogP contribution in [-0.4, -0.2) is 41.5 Å². The summed E-state index contributed by atoms with van der Waals surface area (Å²) in [6, 6.07) is 9.37. The maximum Gasteiger partial charge on any atom is 0.272 e. The number of amides is 1. The lowest BCUT2D eigenvalue weighted by atomic mass is 9.90. The van der Waals surface area contributed by atoms with Crippen molar-refractivity contribution < 1.29 is 4.79 Å². The fraction of sp³-hybridized carbons (Fsp3) is 0.368. The molecule has 1 aromatic heterocycles. The molecule has 7 heteroatoms. The Balaban J connectivity index is 1.45. The number of fused-ring (bicyclic) bond motifs is 1. The summed E-state index contributed by atoms with van der Waals surface area (Å²) < 4.78 is 0. The summed E-state index contributed by atoms with van der Waals surface area (Å²) >= 11 is 12.2. The average Bonchev–Trinajstić information content (AvgIpc) is 3.16. The van der Waals surface area contributed by atoms with Crippen molar-refractivity contribution in [1.29, 1.82) is 0 Å². The van der Waals surface area contributed by atoms with E-state index in [1.807, 2.05) is 17.0 Å². The van der Waals surface area contributed by atoms with Crippen molar-refractivity contribution in [3.8, 4) is 0 Å². The number of halogens is 2. The number of rotatable bonds is 3. The van der Waals surface area contributed by atoms with Crippen molar-refractivity contribution in [2.75, 3.05) is 25.4 Å². The molecule has 0 radical (unpaired) electrons. The van der Waals surface area contributed by atoms with Gasteiger partial charge in [0.2, 0.25) is 0 Å². The van der Waals surface area contributed by atoms with Gasteiger partial charge in [-0.2, -0.15) is 0 Å². The fourth-order valence-corrected chi connectivity index (χ4v) is 4.66. The first-order valence-corrected chi connectivity index (χ1v) is 9.44. The van der Waals surface area contributed by atoms with E-state index >= 15 is 0 Å². The summed E-state index contributed by atoms with van der Waals surface area (Å²) in [4.78, 5) is 18.8. The van der Waals surface area contributed by atoms with Gasteiger partial charge in [0.25, 0.3) is 5.91 Å². The first kappa shape index (κ1) is 17.6. The summed E-state index contributed by atoms with van der Waals surface area (Å²) in [6.07, 6.45) is 2.38. The molecule has 0 spiro atoms. The zero-order chi connectivity index (χ0) is 18.3. The van der Waals surface area contributed by atoms with Crippen LogP contribution in [0.15, 0.2) is 36.5 Å². The summed E-state index contributed by atoms with van der Waals surface area (Å²) in [5.41, 5.74) is 7.78. The van der Waals surface area contributed by atoms with Gasteiger partial charge in [0.15, 0.2) is 0 Å². The Hall–Kier alpha value is -1.82. The molecular formula is C19H20Cl2N4O. The first-order chi connectivity index (χ1) is 12.5. The summed E-state index contributed by atoms with van der Waals surface area (Å²) in [5.74, 6) is 0.863. The quantitative estimate of drug-likeness (QED) is 0.844. The Bertz CT molecular complexity index is 807. The minimum absolute atomic E-state index is 0.0241. The molecule has 136 valence electrons. The maximum atomic E-state index is 12.7. The molecule has 1 unspecified atom stereocenters. The molecule has 5 nitrogen and oxygen atoms in total. The molecule has 2 aliphatic rings. The van der Waals surface area contributed by atoms with Gasteiger partial charge in [-0.05, 0) is 54.2 Å². The second-order valence-electron chi connectivity index (χ2n) is 7.11. The summed E-state index contributed by atoms with van der Waals surface area (Å²) in [7, 11) is 0. The number of anilines is 1. The van der Waals surface area contributed by atoms with Gasteiger partial charge >= 0.3 is 0 Å². The zero-order valence-electron chi connectivity index (χ0n) is 14.2. The number of aromatic nitrogens is 1. The Morgan fingerprint density at radius 3 is 2.69 bits per heavy atom. The number of pyridine rings is 1. The van der Waals surface area contributed by atoms with E-state index in [0.29, 0.717) is 39.3 Å². The van der Waals surface area contributed by atoms with Crippen molar-refractivity contribution in [1.82, 2.24) is 15.2 Å². The highest BCUT2D eigenvalue weighted by atomic mass is 35.5. The van der Waals surface area contributed by atoms with Crippen LogP contribution >= 0.6 is 23.2 Å². The number of nitrogens with zero attached hydrogens (tertiary/aromatic N) is 2. The highest BCUT2D eigenvalue weighted by Gasteiger charge is 2.44. The highest BCUT2D eigenvalue weighted by molar-refractivity contribution is 6.34. The number of benzene rings is 1. The van der Waals surface area contributed by atoms with Crippen molar-refractivity contribution in [2.24, 2.45) is 11.8 Å². The molecule has 2 aromatic rings. The van der Waals surface area contributed by atoms with Gasteiger partial charge in [-0.25, -0.2) is 4.98 Å². The molecule has 3 heterocycles. The van der Waals surface area contributed by atoms with Crippen LogP contribution in [-0.2, 0) is 6.42 Å². The van der Waals surface area contributed by atoms with Gasteiger partial charge in [-0.1, -0.05) is 23.2 Å². The molecule has 3 N–H and O–H groups in total. The van der Waals surface area contributed by atoms with E-state index in [2.05, 4.69) is 10.3 Å². The van der Waals surface area contributed by atoms with Gasteiger partial charge in [0.1, 0.15) is 5.69 Å². The van der Waals surface area contributed by atoms with Crippen molar-refractivity contribution in [3.63, 3.8) is 0 Å². The number of carbonyl (C=O) groups is 1. The number of likely N-dealkylation sites (tertiary alicyclic amines) is 1. The predicted molar refractivity (Wildman–Crippen MR) is 103 cm³/mol. The fourth-order valence-electron chi connectivity index (χ4n) is 4.09. The standard InChI is InChI=1S/C19H20Cl2N4O/c20-13-3-11(4-14(21)6-13)5-18-16-10-25(9-12(16)7-23-18)19(26)17-2-1-15(22)8-24-17/h1-4,6,8,12,16,18,23H,5,7,9-10,22H2/t12-,16-,18?/m1/s1. The molecule has 4 rings (SSSR count). The maximum absolute atomic E-state index is 12.7. The lowest BCUT2D eigenvalue weighted by molar-refractivity contribution is 0.0773. The van der Waals surface area contributed by atoms with E-state index in [1.54, 1.807) is 18.2 Å².